The van der Waals surface area contributed by atoms with Crippen molar-refractivity contribution in [2.24, 2.45) is 0 Å². The predicted octanol–water partition coefficient (Wildman–Crippen LogP) is 2.34. The van der Waals surface area contributed by atoms with Crippen LogP contribution >= 0.6 is 23.1 Å². The molecule has 0 spiro atoms. The molecule has 0 saturated carbocycles. The molecule has 4 nitrogen and oxygen atoms in total. The van der Waals surface area contributed by atoms with Crippen molar-refractivity contribution in [2.45, 2.75) is 5.92 Å². The molecule has 1 aliphatic heterocycles. The first-order chi connectivity index (χ1) is 7.93. The highest BCUT2D eigenvalue weighted by Crippen LogP contribution is 2.26. The first-order valence-corrected chi connectivity index (χ1v) is 6.81. The Morgan fingerprint density at radius 3 is 2.69 bits per heavy atom. The molecule has 0 aliphatic carbocycles. The molecule has 2 aromatic heterocycles. The van der Waals surface area contributed by atoms with Crippen LogP contribution in [0.25, 0.3) is 11.4 Å². The number of thioether (sulfide) groups is 1. The van der Waals surface area contributed by atoms with Gasteiger partial charge in [-0.05, 0) is 16.9 Å². The van der Waals surface area contributed by atoms with Crippen LogP contribution in [0.2, 0.25) is 0 Å². The number of nitrogens with zero attached hydrogens (tertiary/aromatic N) is 4. The Morgan fingerprint density at radius 1 is 1.19 bits per heavy atom. The predicted molar refractivity (Wildman–Crippen MR) is 65.3 cm³/mol. The van der Waals surface area contributed by atoms with Gasteiger partial charge in [-0.3, -0.25) is 0 Å². The van der Waals surface area contributed by atoms with E-state index in [1.54, 1.807) is 23.1 Å². The lowest BCUT2D eigenvalue weighted by atomic mass is 10.2. The molecule has 1 unspecified atom stereocenters. The molecule has 3 rings (SSSR count). The van der Waals surface area contributed by atoms with Crippen molar-refractivity contribution in [3.05, 3.63) is 34.1 Å². The van der Waals surface area contributed by atoms with Crippen LogP contribution in [-0.4, -0.2) is 26.1 Å². The van der Waals surface area contributed by atoms with Crippen molar-refractivity contribution < 1.29 is 0 Å². The third-order valence-electron chi connectivity index (χ3n) is 2.29. The van der Waals surface area contributed by atoms with Gasteiger partial charge in [0.1, 0.15) is 0 Å². The van der Waals surface area contributed by atoms with E-state index in [2.05, 4.69) is 31.9 Å². The fraction of sp³-hybridized carbons (Fsp3) is 0.200. The van der Waals surface area contributed by atoms with Gasteiger partial charge in [0.15, 0.2) is 5.82 Å². The van der Waals surface area contributed by atoms with Crippen LogP contribution in [0, 0.1) is 0 Å². The van der Waals surface area contributed by atoms with E-state index in [-0.39, 0.29) is 5.92 Å². The van der Waals surface area contributed by atoms with Crippen LogP contribution in [0.5, 0.6) is 0 Å². The summed E-state index contributed by atoms with van der Waals surface area (Å²) in [5.41, 5.74) is 0.980. The number of aromatic nitrogens is 4. The molecule has 0 aromatic carbocycles. The molecule has 16 heavy (non-hydrogen) atoms. The number of thiophene rings is 1. The normalized spacial score (nSPS) is 19.1. The van der Waals surface area contributed by atoms with Gasteiger partial charge in [0.2, 0.25) is 5.82 Å². The lowest BCUT2D eigenvalue weighted by molar-refractivity contribution is 0.740. The van der Waals surface area contributed by atoms with Crippen molar-refractivity contribution >= 4 is 23.1 Å². The van der Waals surface area contributed by atoms with Gasteiger partial charge in [-0.15, -0.1) is 32.2 Å². The molecule has 2 aromatic rings. The summed E-state index contributed by atoms with van der Waals surface area (Å²) in [6.07, 6.45) is 2.09. The Hall–Kier alpha value is -1.27. The minimum atomic E-state index is 0.265. The monoisotopic (exact) mass is 248 g/mol. The second-order valence-electron chi connectivity index (χ2n) is 3.36. The maximum atomic E-state index is 4.13. The molecule has 1 aliphatic rings. The first kappa shape index (κ1) is 9.92. The van der Waals surface area contributed by atoms with Gasteiger partial charge < -0.3 is 0 Å². The van der Waals surface area contributed by atoms with E-state index < -0.39 is 0 Å². The van der Waals surface area contributed by atoms with Crippen molar-refractivity contribution in [1.29, 1.82) is 0 Å². The Balaban J connectivity index is 1.87. The fourth-order valence-corrected chi connectivity index (χ4v) is 2.93. The average molecular weight is 248 g/mol. The summed E-state index contributed by atoms with van der Waals surface area (Å²) in [6.45, 7) is 0. The first-order valence-electron chi connectivity index (χ1n) is 4.81. The summed E-state index contributed by atoms with van der Waals surface area (Å²) < 4.78 is 0. The molecule has 0 amide bonds. The van der Waals surface area contributed by atoms with Crippen LogP contribution in [-0.2, 0) is 0 Å². The van der Waals surface area contributed by atoms with E-state index in [0.29, 0.717) is 11.6 Å². The summed E-state index contributed by atoms with van der Waals surface area (Å²) >= 11 is 3.38. The summed E-state index contributed by atoms with van der Waals surface area (Å²) in [5.74, 6) is 2.56. The summed E-state index contributed by atoms with van der Waals surface area (Å²) in [5, 5.41) is 22.5. The maximum Gasteiger partial charge on any atom is 0.204 e. The molecular formula is C10H8N4S2. The lowest BCUT2D eigenvalue weighted by Crippen LogP contribution is -2.06. The second kappa shape index (κ2) is 4.31. The van der Waals surface area contributed by atoms with Crippen molar-refractivity contribution in [1.82, 2.24) is 20.4 Å². The van der Waals surface area contributed by atoms with Gasteiger partial charge in [0.05, 0.1) is 5.92 Å². The Kier molecular flexibility index (Phi) is 2.67. The van der Waals surface area contributed by atoms with Gasteiger partial charge in [-0.2, -0.15) is 11.3 Å². The molecule has 80 valence electrons. The van der Waals surface area contributed by atoms with Crippen LogP contribution < -0.4 is 0 Å². The van der Waals surface area contributed by atoms with Gasteiger partial charge >= 0.3 is 0 Å². The average Bonchev–Trinajstić information content (AvgIpc) is 3.03. The number of hydrogen-bond donors (Lipinski definition) is 0. The van der Waals surface area contributed by atoms with Crippen LogP contribution in [0.15, 0.2) is 28.3 Å². The molecule has 0 saturated heterocycles. The van der Waals surface area contributed by atoms with E-state index in [9.17, 15) is 0 Å². The van der Waals surface area contributed by atoms with Crippen LogP contribution in [0.3, 0.4) is 0 Å². The quantitative estimate of drug-likeness (QED) is 0.816. The number of allylic oxidation sites excluding steroid dienone is 1. The maximum absolute atomic E-state index is 4.13. The molecule has 0 bridgehead atoms. The van der Waals surface area contributed by atoms with E-state index in [1.807, 2.05) is 16.8 Å². The largest absolute Gasteiger partial charge is 0.204 e. The van der Waals surface area contributed by atoms with Gasteiger partial charge in [0, 0.05) is 16.7 Å². The van der Waals surface area contributed by atoms with E-state index in [0.717, 1.165) is 11.3 Å². The third kappa shape index (κ3) is 1.85. The van der Waals surface area contributed by atoms with Crippen LogP contribution in [0.4, 0.5) is 0 Å². The zero-order chi connectivity index (χ0) is 10.8. The van der Waals surface area contributed by atoms with Crippen molar-refractivity contribution in [2.75, 3.05) is 5.75 Å². The standard InChI is InChI=1S/C10H8N4S2/c1-3-15-5-7(1)9-11-13-10(14-12-9)8-2-4-16-6-8/h1-5,8H,6H2. The van der Waals surface area contributed by atoms with Crippen molar-refractivity contribution in [3.63, 3.8) is 0 Å². The van der Waals surface area contributed by atoms with Gasteiger partial charge in [-0.1, -0.05) is 6.08 Å². The summed E-state index contributed by atoms with van der Waals surface area (Å²) in [4.78, 5) is 0. The Labute approximate surface area is 101 Å². The fourth-order valence-electron chi connectivity index (χ4n) is 1.42. The van der Waals surface area contributed by atoms with E-state index in [4.69, 9.17) is 0 Å². The lowest BCUT2D eigenvalue weighted by Gasteiger charge is -2.02. The smallest absolute Gasteiger partial charge is 0.152 e. The number of rotatable bonds is 2. The minimum absolute atomic E-state index is 0.265. The minimum Gasteiger partial charge on any atom is -0.152 e. The molecule has 0 radical (unpaired) electrons. The zero-order valence-electron chi connectivity index (χ0n) is 8.28. The molecule has 6 heteroatoms. The van der Waals surface area contributed by atoms with Gasteiger partial charge in [-0.25, -0.2) is 0 Å². The second-order valence-corrected chi connectivity index (χ2v) is 5.08. The molecule has 0 fully saturated rings. The van der Waals surface area contributed by atoms with E-state index >= 15 is 0 Å². The van der Waals surface area contributed by atoms with Crippen molar-refractivity contribution in [3.8, 4) is 11.4 Å². The molecule has 3 heterocycles. The Morgan fingerprint density at radius 2 is 2.06 bits per heavy atom. The highest BCUT2D eigenvalue weighted by atomic mass is 32.2. The highest BCUT2D eigenvalue weighted by Gasteiger charge is 2.16. The highest BCUT2D eigenvalue weighted by molar-refractivity contribution is 8.02. The zero-order valence-corrected chi connectivity index (χ0v) is 9.91. The molecule has 0 N–H and O–H groups in total. The topological polar surface area (TPSA) is 51.6 Å². The molecule has 1 atom stereocenters. The third-order valence-corrected chi connectivity index (χ3v) is 3.87. The number of hydrogen-bond acceptors (Lipinski definition) is 6. The van der Waals surface area contributed by atoms with Gasteiger partial charge in [0.25, 0.3) is 0 Å². The van der Waals surface area contributed by atoms with Crippen LogP contribution in [0.1, 0.15) is 11.7 Å². The Bertz CT molecular complexity index is 492. The molecular weight excluding hydrogens is 240 g/mol. The van der Waals surface area contributed by atoms with E-state index in [1.165, 1.54) is 0 Å². The SMILES string of the molecule is C1=CC(c2nnc(-c3ccsc3)nn2)CS1. The summed E-state index contributed by atoms with van der Waals surface area (Å²) in [7, 11) is 0. The summed E-state index contributed by atoms with van der Waals surface area (Å²) in [6, 6.07) is 1.97.